The lowest BCUT2D eigenvalue weighted by Gasteiger charge is -2.26. The van der Waals surface area contributed by atoms with Crippen molar-refractivity contribution in [3.8, 4) is 0 Å². The van der Waals surface area contributed by atoms with Crippen LogP contribution in [0.2, 0.25) is 5.02 Å². The molecule has 0 radical (unpaired) electrons. The van der Waals surface area contributed by atoms with E-state index in [0.717, 1.165) is 5.56 Å². The topological polar surface area (TPSA) is 69.7 Å². The van der Waals surface area contributed by atoms with Gasteiger partial charge in [-0.15, -0.1) is 0 Å². The summed E-state index contributed by atoms with van der Waals surface area (Å²) in [6.45, 7) is 3.92. The van der Waals surface area contributed by atoms with Gasteiger partial charge in [0.25, 0.3) is 5.91 Å². The van der Waals surface area contributed by atoms with Crippen molar-refractivity contribution < 1.29 is 13.2 Å². The minimum absolute atomic E-state index is 0.0941. The molecule has 8 heteroatoms. The molecule has 0 heterocycles. The van der Waals surface area contributed by atoms with Crippen molar-refractivity contribution >= 4 is 27.5 Å². The highest BCUT2D eigenvalue weighted by atomic mass is 35.5. The van der Waals surface area contributed by atoms with Crippen LogP contribution in [0, 0.1) is 0 Å². The Bertz CT molecular complexity index is 961. The van der Waals surface area contributed by atoms with E-state index in [1.807, 2.05) is 43.3 Å². The lowest BCUT2D eigenvalue weighted by atomic mass is 10.1. The van der Waals surface area contributed by atoms with Gasteiger partial charge in [0.05, 0.1) is 10.9 Å². The van der Waals surface area contributed by atoms with Crippen molar-refractivity contribution in [1.29, 1.82) is 0 Å². The monoisotopic (exact) mass is 437 g/mol. The lowest BCUT2D eigenvalue weighted by molar-refractivity contribution is 0.0941. The van der Waals surface area contributed by atoms with Crippen LogP contribution in [-0.4, -0.2) is 57.3 Å². The minimum atomic E-state index is -3.66. The number of rotatable bonds is 8. The van der Waals surface area contributed by atoms with Gasteiger partial charge in [0.2, 0.25) is 10.0 Å². The maximum absolute atomic E-state index is 12.7. The second-order valence-electron chi connectivity index (χ2n) is 7.35. The first kappa shape index (κ1) is 23.3. The van der Waals surface area contributed by atoms with E-state index in [-0.39, 0.29) is 22.9 Å². The van der Waals surface area contributed by atoms with Crippen molar-refractivity contribution in [2.24, 2.45) is 0 Å². The number of hydrogen-bond donors (Lipinski definition) is 1. The fourth-order valence-corrected chi connectivity index (χ4v) is 4.52. The standard InChI is InChI=1S/C21H28ClN3O3S/c1-15(2)25(5)29(27,28)17-10-8-9-16(13-17)21(26)23-14-20(24(3)4)18-11-6-7-12-19(18)22/h6-13,15,20H,14H2,1-5H3,(H,23,26). The van der Waals surface area contributed by atoms with Crippen LogP contribution in [0.15, 0.2) is 53.4 Å². The van der Waals surface area contributed by atoms with Crippen LogP contribution < -0.4 is 5.32 Å². The first-order valence-corrected chi connectivity index (χ1v) is 11.1. The van der Waals surface area contributed by atoms with E-state index in [9.17, 15) is 13.2 Å². The molecular weight excluding hydrogens is 410 g/mol. The lowest BCUT2D eigenvalue weighted by Crippen LogP contribution is -2.35. The molecule has 1 amide bonds. The van der Waals surface area contributed by atoms with Gasteiger partial charge in [-0.25, -0.2) is 8.42 Å². The van der Waals surface area contributed by atoms with Crippen molar-refractivity contribution in [2.75, 3.05) is 27.7 Å². The summed E-state index contributed by atoms with van der Waals surface area (Å²) < 4.78 is 26.7. The zero-order valence-corrected chi connectivity index (χ0v) is 19.0. The number of carbonyl (C=O) groups excluding carboxylic acids is 1. The third-order valence-electron chi connectivity index (χ3n) is 4.84. The van der Waals surface area contributed by atoms with E-state index in [1.165, 1.54) is 23.5 Å². The van der Waals surface area contributed by atoms with E-state index in [0.29, 0.717) is 17.1 Å². The number of hydrogen-bond acceptors (Lipinski definition) is 4. The molecule has 1 unspecified atom stereocenters. The maximum atomic E-state index is 12.7. The van der Waals surface area contributed by atoms with Crippen molar-refractivity contribution in [2.45, 2.75) is 30.8 Å². The second-order valence-corrected chi connectivity index (χ2v) is 9.76. The summed E-state index contributed by atoms with van der Waals surface area (Å²) in [5.41, 5.74) is 1.20. The number of halogens is 1. The molecule has 0 aliphatic rings. The Morgan fingerprint density at radius 3 is 2.31 bits per heavy atom. The second kappa shape index (κ2) is 9.71. The number of benzene rings is 2. The highest BCUT2D eigenvalue weighted by Gasteiger charge is 2.24. The fraction of sp³-hybridized carbons (Fsp3) is 0.381. The van der Waals surface area contributed by atoms with Crippen LogP contribution in [0.1, 0.15) is 35.8 Å². The molecule has 2 aromatic carbocycles. The summed E-state index contributed by atoms with van der Waals surface area (Å²) in [6, 6.07) is 13.3. The molecule has 29 heavy (non-hydrogen) atoms. The first-order valence-electron chi connectivity index (χ1n) is 9.33. The molecule has 2 aromatic rings. The Kier molecular flexibility index (Phi) is 7.82. The van der Waals surface area contributed by atoms with Crippen LogP contribution >= 0.6 is 11.6 Å². The largest absolute Gasteiger partial charge is 0.350 e. The molecule has 1 N–H and O–H groups in total. The molecule has 6 nitrogen and oxygen atoms in total. The smallest absolute Gasteiger partial charge is 0.251 e. The predicted octanol–water partition coefficient (Wildman–Crippen LogP) is 3.40. The third kappa shape index (κ3) is 5.57. The fourth-order valence-electron chi connectivity index (χ4n) is 2.85. The number of nitrogens with one attached hydrogen (secondary N) is 1. The molecule has 0 fully saturated rings. The van der Waals surface area contributed by atoms with Crippen molar-refractivity contribution in [3.63, 3.8) is 0 Å². The molecule has 0 spiro atoms. The van der Waals surface area contributed by atoms with Gasteiger partial charge in [-0.1, -0.05) is 35.9 Å². The maximum Gasteiger partial charge on any atom is 0.251 e. The zero-order chi connectivity index (χ0) is 21.8. The number of carbonyl (C=O) groups is 1. The van der Waals surface area contributed by atoms with Gasteiger partial charge in [0.15, 0.2) is 0 Å². The third-order valence-corrected chi connectivity index (χ3v) is 7.22. The van der Waals surface area contributed by atoms with Gasteiger partial charge in [-0.2, -0.15) is 4.31 Å². The normalized spacial score (nSPS) is 13.1. The van der Waals surface area contributed by atoms with Crippen LogP contribution in [-0.2, 0) is 10.0 Å². The van der Waals surface area contributed by atoms with Gasteiger partial charge in [-0.05, 0) is 57.8 Å². The Morgan fingerprint density at radius 2 is 1.72 bits per heavy atom. The number of amides is 1. The first-order chi connectivity index (χ1) is 13.6. The highest BCUT2D eigenvalue weighted by molar-refractivity contribution is 7.89. The zero-order valence-electron chi connectivity index (χ0n) is 17.4. The Hall–Kier alpha value is -1.93. The van der Waals surface area contributed by atoms with Gasteiger partial charge in [0, 0.05) is 30.2 Å². The van der Waals surface area contributed by atoms with Crippen molar-refractivity contribution in [3.05, 3.63) is 64.7 Å². The van der Waals surface area contributed by atoms with Gasteiger partial charge >= 0.3 is 0 Å². The SMILES string of the molecule is CC(C)N(C)S(=O)(=O)c1cccc(C(=O)NCC(c2ccccc2Cl)N(C)C)c1. The molecule has 0 saturated carbocycles. The Balaban J connectivity index is 2.20. The molecule has 1 atom stereocenters. The summed E-state index contributed by atoms with van der Waals surface area (Å²) in [4.78, 5) is 14.8. The number of sulfonamides is 1. The van der Waals surface area contributed by atoms with Crippen LogP contribution in [0.4, 0.5) is 0 Å². The molecule has 2 rings (SSSR count). The molecule has 0 aliphatic carbocycles. The van der Waals surface area contributed by atoms with E-state index >= 15 is 0 Å². The molecule has 0 aromatic heterocycles. The predicted molar refractivity (Wildman–Crippen MR) is 117 cm³/mol. The molecule has 0 saturated heterocycles. The average Bonchev–Trinajstić information content (AvgIpc) is 2.68. The van der Waals surface area contributed by atoms with E-state index < -0.39 is 10.0 Å². The van der Waals surface area contributed by atoms with E-state index in [2.05, 4.69) is 5.32 Å². The highest BCUT2D eigenvalue weighted by Crippen LogP contribution is 2.25. The van der Waals surface area contributed by atoms with Gasteiger partial charge in [0.1, 0.15) is 0 Å². The number of likely N-dealkylation sites (N-methyl/N-ethyl adjacent to an activating group) is 1. The quantitative estimate of drug-likeness (QED) is 0.687. The molecular formula is C21H28ClN3O3S. The van der Waals surface area contributed by atoms with Crippen LogP contribution in [0.3, 0.4) is 0 Å². The van der Waals surface area contributed by atoms with E-state index in [1.54, 1.807) is 26.0 Å². The summed E-state index contributed by atoms with van der Waals surface area (Å²) in [5.74, 6) is -0.340. The van der Waals surface area contributed by atoms with Gasteiger partial charge < -0.3 is 10.2 Å². The number of nitrogens with zero attached hydrogens (tertiary/aromatic N) is 2. The summed E-state index contributed by atoms with van der Waals surface area (Å²) in [7, 11) is 1.69. The average molecular weight is 438 g/mol. The Labute approximate surface area is 178 Å². The Morgan fingerprint density at radius 1 is 1.07 bits per heavy atom. The van der Waals surface area contributed by atoms with Gasteiger partial charge in [-0.3, -0.25) is 4.79 Å². The van der Waals surface area contributed by atoms with E-state index in [4.69, 9.17) is 11.6 Å². The van der Waals surface area contributed by atoms with Crippen LogP contribution in [0.5, 0.6) is 0 Å². The summed E-state index contributed by atoms with van der Waals surface area (Å²) in [5, 5.41) is 3.52. The van der Waals surface area contributed by atoms with Crippen LogP contribution in [0.25, 0.3) is 0 Å². The molecule has 0 bridgehead atoms. The van der Waals surface area contributed by atoms with Crippen molar-refractivity contribution in [1.82, 2.24) is 14.5 Å². The minimum Gasteiger partial charge on any atom is -0.350 e. The summed E-state index contributed by atoms with van der Waals surface area (Å²) >= 11 is 6.31. The molecule has 0 aliphatic heterocycles. The molecule has 158 valence electrons. The summed E-state index contributed by atoms with van der Waals surface area (Å²) in [6.07, 6.45) is 0.